The maximum absolute atomic E-state index is 12.6. The van der Waals surface area contributed by atoms with Crippen molar-refractivity contribution in [3.8, 4) is 0 Å². The lowest BCUT2D eigenvalue weighted by Gasteiger charge is -2.30. The SMILES string of the molecule is CCCN(C(=O)C1CCNC1)C(C)C(=O)Nc1ccccc1.Cl. The third-order valence-corrected chi connectivity index (χ3v) is 4.05. The topological polar surface area (TPSA) is 61.4 Å². The fourth-order valence-electron chi connectivity index (χ4n) is 2.75. The predicted octanol–water partition coefficient (Wildman–Crippen LogP) is 2.28. The second-order valence-electron chi connectivity index (χ2n) is 5.75. The van der Waals surface area contributed by atoms with Crippen LogP contribution in [0.2, 0.25) is 0 Å². The summed E-state index contributed by atoms with van der Waals surface area (Å²) in [6, 6.07) is 8.88. The molecule has 0 saturated carbocycles. The molecule has 1 aromatic carbocycles. The molecule has 0 aromatic heterocycles. The highest BCUT2D eigenvalue weighted by Gasteiger charge is 2.32. The molecule has 0 bridgehead atoms. The van der Waals surface area contributed by atoms with E-state index in [1.165, 1.54) is 0 Å². The van der Waals surface area contributed by atoms with Gasteiger partial charge in [-0.15, -0.1) is 12.4 Å². The number of para-hydroxylation sites is 1. The number of hydrogen-bond acceptors (Lipinski definition) is 3. The van der Waals surface area contributed by atoms with Gasteiger partial charge in [0.2, 0.25) is 11.8 Å². The molecule has 2 rings (SSSR count). The van der Waals surface area contributed by atoms with Crippen molar-refractivity contribution in [2.75, 3.05) is 25.0 Å². The number of halogens is 1. The highest BCUT2D eigenvalue weighted by Crippen LogP contribution is 2.16. The van der Waals surface area contributed by atoms with Crippen LogP contribution < -0.4 is 10.6 Å². The van der Waals surface area contributed by atoms with E-state index in [0.29, 0.717) is 13.1 Å². The van der Waals surface area contributed by atoms with Crippen molar-refractivity contribution in [3.63, 3.8) is 0 Å². The summed E-state index contributed by atoms with van der Waals surface area (Å²) in [5.74, 6) is -0.0555. The van der Waals surface area contributed by atoms with Gasteiger partial charge < -0.3 is 15.5 Å². The summed E-state index contributed by atoms with van der Waals surface area (Å²) in [4.78, 5) is 26.8. The Bertz CT molecular complexity index is 504. The van der Waals surface area contributed by atoms with E-state index in [9.17, 15) is 9.59 Å². The van der Waals surface area contributed by atoms with Crippen molar-refractivity contribution in [3.05, 3.63) is 30.3 Å². The summed E-state index contributed by atoms with van der Waals surface area (Å²) in [6.45, 7) is 6.02. The van der Waals surface area contributed by atoms with Gasteiger partial charge in [-0.3, -0.25) is 9.59 Å². The number of hydrogen-bond donors (Lipinski definition) is 2. The Morgan fingerprint density at radius 1 is 1.35 bits per heavy atom. The van der Waals surface area contributed by atoms with Crippen LogP contribution in [-0.4, -0.2) is 42.4 Å². The molecule has 0 radical (unpaired) electrons. The summed E-state index contributed by atoms with van der Waals surface area (Å²) in [5, 5.41) is 6.09. The molecule has 1 aliphatic rings. The molecular formula is C17H26ClN3O2. The van der Waals surface area contributed by atoms with Crippen molar-refractivity contribution < 1.29 is 9.59 Å². The molecule has 128 valence electrons. The average Bonchev–Trinajstić information content (AvgIpc) is 3.06. The van der Waals surface area contributed by atoms with Gasteiger partial charge in [0.05, 0.1) is 5.92 Å². The van der Waals surface area contributed by atoms with E-state index < -0.39 is 6.04 Å². The lowest BCUT2D eigenvalue weighted by molar-refractivity contribution is -0.141. The largest absolute Gasteiger partial charge is 0.331 e. The van der Waals surface area contributed by atoms with E-state index in [1.54, 1.807) is 11.8 Å². The van der Waals surface area contributed by atoms with E-state index in [0.717, 1.165) is 25.1 Å². The third-order valence-electron chi connectivity index (χ3n) is 4.05. The molecule has 1 heterocycles. The Kier molecular flexibility index (Phi) is 8.06. The fraction of sp³-hybridized carbons (Fsp3) is 0.529. The van der Waals surface area contributed by atoms with Gasteiger partial charge in [-0.25, -0.2) is 0 Å². The molecule has 23 heavy (non-hydrogen) atoms. The first-order chi connectivity index (χ1) is 10.6. The van der Waals surface area contributed by atoms with Crippen LogP contribution in [0, 0.1) is 5.92 Å². The molecule has 1 aliphatic heterocycles. The minimum atomic E-state index is -0.465. The normalized spacial score (nSPS) is 17.9. The van der Waals surface area contributed by atoms with Gasteiger partial charge in [0.15, 0.2) is 0 Å². The lowest BCUT2D eigenvalue weighted by Crippen LogP contribution is -2.48. The maximum Gasteiger partial charge on any atom is 0.246 e. The third kappa shape index (κ3) is 5.22. The number of benzene rings is 1. The average molecular weight is 340 g/mol. The van der Waals surface area contributed by atoms with E-state index in [2.05, 4.69) is 10.6 Å². The van der Waals surface area contributed by atoms with Crippen LogP contribution in [0.1, 0.15) is 26.7 Å². The second-order valence-corrected chi connectivity index (χ2v) is 5.75. The zero-order valence-electron chi connectivity index (χ0n) is 13.7. The first-order valence-electron chi connectivity index (χ1n) is 8.00. The van der Waals surface area contributed by atoms with Gasteiger partial charge in [0.1, 0.15) is 6.04 Å². The molecular weight excluding hydrogens is 314 g/mol. The Morgan fingerprint density at radius 3 is 2.61 bits per heavy atom. The van der Waals surface area contributed by atoms with Crippen LogP contribution in [0.15, 0.2) is 30.3 Å². The number of carbonyl (C=O) groups excluding carboxylic acids is 2. The number of carbonyl (C=O) groups is 2. The first-order valence-corrected chi connectivity index (χ1v) is 8.00. The Morgan fingerprint density at radius 2 is 2.04 bits per heavy atom. The van der Waals surface area contributed by atoms with Gasteiger partial charge in [-0.1, -0.05) is 25.1 Å². The van der Waals surface area contributed by atoms with Gasteiger partial charge in [-0.2, -0.15) is 0 Å². The molecule has 1 saturated heterocycles. The molecule has 2 unspecified atom stereocenters. The monoisotopic (exact) mass is 339 g/mol. The summed E-state index contributed by atoms with van der Waals surface area (Å²) in [6.07, 6.45) is 1.70. The van der Waals surface area contributed by atoms with E-state index >= 15 is 0 Å². The molecule has 2 N–H and O–H groups in total. The quantitative estimate of drug-likeness (QED) is 0.836. The molecule has 2 atom stereocenters. The lowest BCUT2D eigenvalue weighted by atomic mass is 10.1. The summed E-state index contributed by atoms with van der Waals surface area (Å²) in [5.41, 5.74) is 0.755. The molecule has 6 heteroatoms. The van der Waals surface area contributed by atoms with Gasteiger partial charge in [0, 0.05) is 18.8 Å². The van der Waals surface area contributed by atoms with Crippen LogP contribution >= 0.6 is 12.4 Å². The molecule has 1 aromatic rings. The number of nitrogens with zero attached hydrogens (tertiary/aromatic N) is 1. The number of nitrogens with one attached hydrogen (secondary N) is 2. The van der Waals surface area contributed by atoms with E-state index in [1.807, 2.05) is 37.3 Å². The Hall–Kier alpha value is -1.59. The highest BCUT2D eigenvalue weighted by molar-refractivity contribution is 5.97. The van der Waals surface area contributed by atoms with Crippen molar-refractivity contribution in [1.82, 2.24) is 10.2 Å². The van der Waals surface area contributed by atoms with Crippen LogP contribution in [0.3, 0.4) is 0 Å². The standard InChI is InChI=1S/C17H25N3O2.ClH/c1-3-11-20(17(22)14-9-10-18-12-14)13(2)16(21)19-15-7-5-4-6-8-15;/h4-8,13-14,18H,3,9-12H2,1-2H3,(H,19,21);1H. The number of anilines is 1. The minimum absolute atomic E-state index is 0. The van der Waals surface area contributed by atoms with Gasteiger partial charge in [-0.05, 0) is 38.4 Å². The van der Waals surface area contributed by atoms with E-state index in [-0.39, 0.29) is 30.1 Å². The second kappa shape index (κ2) is 9.53. The summed E-state index contributed by atoms with van der Waals surface area (Å²) >= 11 is 0. The Balaban J connectivity index is 0.00000264. The summed E-state index contributed by atoms with van der Waals surface area (Å²) in [7, 11) is 0. The fourth-order valence-corrected chi connectivity index (χ4v) is 2.75. The zero-order chi connectivity index (χ0) is 15.9. The highest BCUT2D eigenvalue weighted by atomic mass is 35.5. The van der Waals surface area contributed by atoms with Crippen molar-refractivity contribution >= 4 is 29.9 Å². The smallest absolute Gasteiger partial charge is 0.246 e. The molecule has 0 spiro atoms. The van der Waals surface area contributed by atoms with Crippen molar-refractivity contribution in [2.45, 2.75) is 32.7 Å². The molecule has 2 amide bonds. The first kappa shape index (κ1) is 19.5. The van der Waals surface area contributed by atoms with Crippen molar-refractivity contribution in [2.24, 2.45) is 5.92 Å². The van der Waals surface area contributed by atoms with Gasteiger partial charge >= 0.3 is 0 Å². The Labute approximate surface area is 144 Å². The van der Waals surface area contributed by atoms with E-state index in [4.69, 9.17) is 0 Å². The minimum Gasteiger partial charge on any atom is -0.331 e. The molecule has 1 fully saturated rings. The predicted molar refractivity (Wildman–Crippen MR) is 94.8 cm³/mol. The molecule has 0 aliphatic carbocycles. The van der Waals surface area contributed by atoms with Gasteiger partial charge in [0.25, 0.3) is 0 Å². The van der Waals surface area contributed by atoms with Crippen LogP contribution in [0.5, 0.6) is 0 Å². The van der Waals surface area contributed by atoms with Crippen molar-refractivity contribution in [1.29, 1.82) is 0 Å². The summed E-state index contributed by atoms with van der Waals surface area (Å²) < 4.78 is 0. The molecule has 5 nitrogen and oxygen atoms in total. The zero-order valence-corrected chi connectivity index (χ0v) is 14.6. The number of amides is 2. The van der Waals surface area contributed by atoms with Crippen LogP contribution in [-0.2, 0) is 9.59 Å². The van der Waals surface area contributed by atoms with Crippen LogP contribution in [0.4, 0.5) is 5.69 Å². The van der Waals surface area contributed by atoms with Crippen LogP contribution in [0.25, 0.3) is 0 Å². The number of rotatable bonds is 6. The maximum atomic E-state index is 12.6.